The molecule has 3 aromatic rings. The molecule has 0 bridgehead atoms. The maximum absolute atomic E-state index is 12.8. The number of aromatic nitrogens is 2. The van der Waals surface area contributed by atoms with Gasteiger partial charge in [-0.2, -0.15) is 5.10 Å². The van der Waals surface area contributed by atoms with Crippen LogP contribution in [0.1, 0.15) is 40.3 Å². The lowest BCUT2D eigenvalue weighted by atomic mass is 9.96. The number of hydrogen-bond acceptors (Lipinski definition) is 4. The minimum atomic E-state index is -0.220. The minimum absolute atomic E-state index is 0.0294. The summed E-state index contributed by atoms with van der Waals surface area (Å²) < 4.78 is 7.12. The van der Waals surface area contributed by atoms with E-state index >= 15 is 0 Å². The van der Waals surface area contributed by atoms with Gasteiger partial charge in [-0.25, -0.2) is 4.68 Å². The van der Waals surface area contributed by atoms with Crippen LogP contribution in [0.3, 0.4) is 0 Å². The fraction of sp³-hybridized carbons (Fsp3) is 0.348. The van der Waals surface area contributed by atoms with Crippen molar-refractivity contribution >= 4 is 11.8 Å². The van der Waals surface area contributed by atoms with Gasteiger partial charge in [0.05, 0.1) is 23.6 Å². The molecule has 7 nitrogen and oxygen atoms in total. The van der Waals surface area contributed by atoms with Gasteiger partial charge in [0.1, 0.15) is 0 Å². The van der Waals surface area contributed by atoms with Gasteiger partial charge >= 0.3 is 0 Å². The maximum Gasteiger partial charge on any atom is 0.289 e. The van der Waals surface area contributed by atoms with Crippen LogP contribution in [0.2, 0.25) is 0 Å². The average Bonchev–Trinajstić information content (AvgIpc) is 3.41. The van der Waals surface area contributed by atoms with Crippen LogP contribution in [0.15, 0.2) is 53.1 Å². The van der Waals surface area contributed by atoms with E-state index in [9.17, 15) is 9.59 Å². The van der Waals surface area contributed by atoms with Crippen LogP contribution in [-0.4, -0.2) is 39.6 Å². The van der Waals surface area contributed by atoms with Crippen molar-refractivity contribution in [1.82, 2.24) is 20.0 Å². The van der Waals surface area contributed by atoms with Gasteiger partial charge in [0.15, 0.2) is 5.76 Å². The van der Waals surface area contributed by atoms with Gasteiger partial charge in [-0.05, 0) is 51.0 Å². The molecule has 1 fully saturated rings. The van der Waals surface area contributed by atoms with Crippen LogP contribution in [0.4, 0.5) is 0 Å². The van der Waals surface area contributed by atoms with Gasteiger partial charge in [0.2, 0.25) is 5.91 Å². The number of rotatable bonds is 5. The zero-order chi connectivity index (χ0) is 21.1. The highest BCUT2D eigenvalue weighted by molar-refractivity contribution is 5.92. The van der Waals surface area contributed by atoms with Crippen molar-refractivity contribution in [3.8, 4) is 5.69 Å². The maximum atomic E-state index is 12.8. The molecule has 1 aliphatic heterocycles. The van der Waals surface area contributed by atoms with Crippen molar-refractivity contribution in [2.24, 2.45) is 5.92 Å². The molecular formula is C23H26N4O3. The highest BCUT2D eigenvalue weighted by Crippen LogP contribution is 2.21. The van der Waals surface area contributed by atoms with E-state index in [1.807, 2.05) is 48.9 Å². The third-order valence-electron chi connectivity index (χ3n) is 5.69. The van der Waals surface area contributed by atoms with Gasteiger partial charge in [-0.1, -0.05) is 18.2 Å². The Hall–Kier alpha value is -3.35. The van der Waals surface area contributed by atoms with E-state index in [0.29, 0.717) is 25.4 Å². The van der Waals surface area contributed by atoms with E-state index in [2.05, 4.69) is 10.4 Å². The van der Waals surface area contributed by atoms with E-state index in [1.54, 1.807) is 17.0 Å². The summed E-state index contributed by atoms with van der Waals surface area (Å²) in [6.07, 6.45) is 3.06. The van der Waals surface area contributed by atoms with E-state index < -0.39 is 0 Å². The Morgan fingerprint density at radius 3 is 2.70 bits per heavy atom. The zero-order valence-electron chi connectivity index (χ0n) is 17.3. The van der Waals surface area contributed by atoms with Crippen molar-refractivity contribution in [1.29, 1.82) is 0 Å². The first-order valence-corrected chi connectivity index (χ1v) is 10.3. The second kappa shape index (κ2) is 8.57. The third kappa shape index (κ3) is 4.01. The zero-order valence-corrected chi connectivity index (χ0v) is 17.3. The van der Waals surface area contributed by atoms with Crippen molar-refractivity contribution < 1.29 is 14.0 Å². The van der Waals surface area contributed by atoms with Crippen molar-refractivity contribution in [2.45, 2.75) is 33.2 Å². The highest BCUT2D eigenvalue weighted by Gasteiger charge is 2.30. The van der Waals surface area contributed by atoms with Crippen LogP contribution >= 0.6 is 0 Å². The van der Waals surface area contributed by atoms with Gasteiger partial charge in [-0.3, -0.25) is 9.59 Å². The predicted octanol–water partition coefficient (Wildman–Crippen LogP) is 3.25. The summed E-state index contributed by atoms with van der Waals surface area (Å²) in [6.45, 7) is 5.45. The number of carbonyl (C=O) groups is 2. The SMILES string of the molecule is Cc1nn(-c2ccccc2)c(C)c1CNC(=O)[C@H]1CCCN(C(=O)c2ccco2)C1. The molecule has 156 valence electrons. The highest BCUT2D eigenvalue weighted by atomic mass is 16.3. The number of amides is 2. The molecule has 1 aromatic carbocycles. The number of carbonyl (C=O) groups excluding carboxylic acids is 2. The number of benzene rings is 1. The number of furan rings is 1. The molecule has 1 atom stereocenters. The Bertz CT molecular complexity index is 1020. The number of nitrogens with one attached hydrogen (secondary N) is 1. The lowest BCUT2D eigenvalue weighted by Crippen LogP contribution is -2.45. The standard InChI is InChI=1S/C23H26N4O3/c1-16-20(17(2)27(25-16)19-9-4-3-5-10-19)14-24-22(28)18-8-6-12-26(15-18)23(29)21-11-7-13-30-21/h3-5,7,9-11,13,18H,6,8,12,14-15H2,1-2H3,(H,24,28)/t18-/m0/s1. The number of para-hydroxylation sites is 1. The molecule has 1 N–H and O–H groups in total. The van der Waals surface area contributed by atoms with Crippen LogP contribution in [0, 0.1) is 19.8 Å². The Morgan fingerprint density at radius 1 is 1.17 bits per heavy atom. The molecule has 1 saturated heterocycles. The topological polar surface area (TPSA) is 80.4 Å². The first-order chi connectivity index (χ1) is 14.5. The largest absolute Gasteiger partial charge is 0.459 e. The van der Waals surface area contributed by atoms with Gasteiger partial charge in [0.25, 0.3) is 5.91 Å². The number of hydrogen-bond donors (Lipinski definition) is 1. The Labute approximate surface area is 175 Å². The summed E-state index contributed by atoms with van der Waals surface area (Å²) in [7, 11) is 0. The molecule has 30 heavy (non-hydrogen) atoms. The van der Waals surface area contributed by atoms with Gasteiger partial charge < -0.3 is 14.6 Å². The summed E-state index contributed by atoms with van der Waals surface area (Å²) in [5.41, 5.74) is 3.92. The second-order valence-corrected chi connectivity index (χ2v) is 7.68. The van der Waals surface area contributed by atoms with E-state index in [0.717, 1.165) is 35.5 Å². The van der Waals surface area contributed by atoms with Gasteiger partial charge in [0, 0.05) is 30.9 Å². The van der Waals surface area contributed by atoms with Crippen LogP contribution in [0.25, 0.3) is 5.69 Å². The first-order valence-electron chi connectivity index (χ1n) is 10.3. The van der Waals surface area contributed by atoms with Gasteiger partial charge in [-0.15, -0.1) is 0 Å². The molecule has 1 aliphatic rings. The van der Waals surface area contributed by atoms with E-state index in [4.69, 9.17) is 4.42 Å². The number of nitrogens with zero attached hydrogens (tertiary/aromatic N) is 3. The number of aryl methyl sites for hydroxylation is 1. The monoisotopic (exact) mass is 406 g/mol. The summed E-state index contributed by atoms with van der Waals surface area (Å²) in [6, 6.07) is 13.3. The van der Waals surface area contributed by atoms with Crippen molar-refractivity contribution in [3.63, 3.8) is 0 Å². The molecule has 7 heteroatoms. The Kier molecular flexibility index (Phi) is 5.70. The van der Waals surface area contributed by atoms with Crippen LogP contribution in [-0.2, 0) is 11.3 Å². The third-order valence-corrected chi connectivity index (χ3v) is 5.69. The Morgan fingerprint density at radius 2 is 1.97 bits per heavy atom. The summed E-state index contributed by atoms with van der Waals surface area (Å²) in [4.78, 5) is 27.1. The summed E-state index contributed by atoms with van der Waals surface area (Å²) in [5.74, 6) is -0.0930. The molecule has 0 unspecified atom stereocenters. The molecule has 0 spiro atoms. The quantitative estimate of drug-likeness (QED) is 0.705. The average molecular weight is 406 g/mol. The number of piperidine rings is 1. The smallest absolute Gasteiger partial charge is 0.289 e. The van der Waals surface area contributed by atoms with Crippen LogP contribution in [0.5, 0.6) is 0 Å². The molecule has 0 saturated carbocycles. The normalized spacial score (nSPS) is 16.5. The molecule has 4 rings (SSSR count). The molecule has 3 heterocycles. The Balaban J connectivity index is 1.40. The molecule has 0 aliphatic carbocycles. The molecule has 2 aromatic heterocycles. The summed E-state index contributed by atoms with van der Waals surface area (Å²) in [5, 5.41) is 7.69. The van der Waals surface area contributed by atoms with Crippen molar-refractivity contribution in [2.75, 3.05) is 13.1 Å². The predicted molar refractivity (Wildman–Crippen MR) is 112 cm³/mol. The lowest BCUT2D eigenvalue weighted by molar-refractivity contribution is -0.126. The molecule has 0 radical (unpaired) electrons. The molecule has 2 amide bonds. The lowest BCUT2D eigenvalue weighted by Gasteiger charge is -2.31. The second-order valence-electron chi connectivity index (χ2n) is 7.68. The number of likely N-dealkylation sites (tertiary alicyclic amines) is 1. The van der Waals surface area contributed by atoms with Crippen molar-refractivity contribution in [3.05, 3.63) is 71.4 Å². The van der Waals surface area contributed by atoms with Crippen LogP contribution < -0.4 is 5.32 Å². The fourth-order valence-electron chi connectivity index (χ4n) is 4.00. The first kappa shape index (κ1) is 19.9. The van der Waals surface area contributed by atoms with E-state index in [1.165, 1.54) is 6.26 Å². The summed E-state index contributed by atoms with van der Waals surface area (Å²) >= 11 is 0. The minimum Gasteiger partial charge on any atom is -0.459 e. The molecular weight excluding hydrogens is 380 g/mol. The van der Waals surface area contributed by atoms with E-state index in [-0.39, 0.29) is 17.7 Å². The fourth-order valence-corrected chi connectivity index (χ4v) is 4.00.